The number of rotatable bonds is 4. The Morgan fingerprint density at radius 3 is 2.70 bits per heavy atom. The number of benzene rings is 1. The Morgan fingerprint density at radius 2 is 2.07 bits per heavy atom. The highest BCUT2D eigenvalue weighted by atomic mass is 32.2. The number of thioether (sulfide) groups is 1. The molecule has 0 saturated heterocycles. The van der Waals surface area contributed by atoms with Crippen LogP contribution in [0.15, 0.2) is 29.8 Å². The second kappa shape index (κ2) is 8.55. The van der Waals surface area contributed by atoms with Gasteiger partial charge in [-0.15, -0.1) is 0 Å². The Balaban J connectivity index is 2.27. The molecule has 1 heterocycles. The van der Waals surface area contributed by atoms with Crippen LogP contribution in [0.25, 0.3) is 0 Å². The lowest BCUT2D eigenvalue weighted by Crippen LogP contribution is -2.28. The molecule has 2 rings (SSSR count). The first-order valence-electron chi connectivity index (χ1n) is 8.07. The van der Waals surface area contributed by atoms with Gasteiger partial charge in [0, 0.05) is 19.1 Å². The van der Waals surface area contributed by atoms with Crippen LogP contribution in [0.5, 0.6) is 11.5 Å². The quantitative estimate of drug-likeness (QED) is 0.409. The summed E-state index contributed by atoms with van der Waals surface area (Å²) in [6.45, 7) is 3.40. The average Bonchev–Trinajstić information content (AvgIpc) is 2.60. The van der Waals surface area contributed by atoms with Crippen molar-refractivity contribution in [1.82, 2.24) is 0 Å². The number of fused-ring (bicyclic) bond motifs is 1. The molecule has 0 N–H and O–H groups in total. The van der Waals surface area contributed by atoms with Gasteiger partial charge >= 0.3 is 15.6 Å². The number of halogens is 3. The lowest BCUT2D eigenvalue weighted by atomic mass is 10.1. The zero-order valence-corrected chi connectivity index (χ0v) is 16.3. The minimum Gasteiger partial charge on any atom is -0.489 e. The molecule has 10 heteroatoms. The molecule has 27 heavy (non-hydrogen) atoms. The van der Waals surface area contributed by atoms with Gasteiger partial charge < -0.3 is 8.92 Å². The van der Waals surface area contributed by atoms with Crippen LogP contribution in [0, 0.1) is 0 Å². The lowest BCUT2D eigenvalue weighted by Gasteiger charge is -2.20. The third-order valence-electron chi connectivity index (χ3n) is 3.74. The van der Waals surface area contributed by atoms with E-state index in [1.165, 1.54) is 19.1 Å². The minimum atomic E-state index is -5.73. The molecular formula is C17H19F3O5S2. The first-order valence-corrected chi connectivity index (χ1v) is 10.5. The topological polar surface area (TPSA) is 69.7 Å². The van der Waals surface area contributed by atoms with Crippen LogP contribution >= 0.6 is 11.8 Å². The highest BCUT2D eigenvalue weighted by Crippen LogP contribution is 2.32. The molecule has 0 fully saturated rings. The summed E-state index contributed by atoms with van der Waals surface area (Å²) in [5.74, 6) is 0.439. The van der Waals surface area contributed by atoms with Crippen LogP contribution in [0.3, 0.4) is 0 Å². The van der Waals surface area contributed by atoms with Crippen molar-refractivity contribution in [2.24, 2.45) is 0 Å². The van der Waals surface area contributed by atoms with E-state index in [4.69, 9.17) is 4.74 Å². The summed E-state index contributed by atoms with van der Waals surface area (Å²) in [7, 11) is -5.73. The molecule has 0 amide bonds. The Bertz CT molecular complexity index is 831. The van der Waals surface area contributed by atoms with Crippen molar-refractivity contribution in [3.8, 4) is 11.5 Å². The first kappa shape index (κ1) is 21.6. The predicted molar refractivity (Wildman–Crippen MR) is 96.3 cm³/mol. The molecular weight excluding hydrogens is 405 g/mol. The first-order chi connectivity index (χ1) is 12.5. The Hall–Kier alpha value is -1.68. The molecule has 1 aromatic carbocycles. The number of allylic oxidation sites excluding steroid dienone is 1. The fourth-order valence-electron chi connectivity index (χ4n) is 2.53. The van der Waals surface area contributed by atoms with Gasteiger partial charge in [-0.1, -0.05) is 23.4 Å². The van der Waals surface area contributed by atoms with Crippen molar-refractivity contribution in [2.75, 3.05) is 5.75 Å². The largest absolute Gasteiger partial charge is 0.534 e. The molecule has 1 atom stereocenters. The zero-order chi connectivity index (χ0) is 20.2. The monoisotopic (exact) mass is 424 g/mol. The summed E-state index contributed by atoms with van der Waals surface area (Å²) in [6.07, 6.45) is 3.37. The van der Waals surface area contributed by atoms with Gasteiger partial charge in [-0.2, -0.15) is 21.6 Å². The van der Waals surface area contributed by atoms with E-state index in [9.17, 15) is 26.4 Å². The van der Waals surface area contributed by atoms with Gasteiger partial charge in [-0.3, -0.25) is 4.79 Å². The predicted octanol–water partition coefficient (Wildman–Crippen LogP) is 4.22. The minimum absolute atomic E-state index is 0.0403. The molecule has 1 aromatic rings. The Morgan fingerprint density at radius 1 is 1.37 bits per heavy atom. The molecule has 0 radical (unpaired) electrons. The Labute approximate surface area is 160 Å². The third-order valence-corrected chi connectivity index (χ3v) is 5.67. The molecule has 0 aromatic heterocycles. The third kappa shape index (κ3) is 6.17. The summed E-state index contributed by atoms with van der Waals surface area (Å²) in [5, 5.41) is -0.0403. The molecule has 5 nitrogen and oxygen atoms in total. The maximum atomic E-state index is 12.5. The molecule has 1 aliphatic rings. The number of hydrogen-bond donors (Lipinski definition) is 0. The molecule has 150 valence electrons. The van der Waals surface area contributed by atoms with Gasteiger partial charge in [0.25, 0.3) is 0 Å². The average molecular weight is 424 g/mol. The van der Waals surface area contributed by atoms with Gasteiger partial charge in [0.2, 0.25) is 0 Å². The van der Waals surface area contributed by atoms with Gasteiger partial charge in [0.1, 0.15) is 17.6 Å². The van der Waals surface area contributed by atoms with E-state index in [2.05, 4.69) is 4.18 Å². The molecule has 0 aliphatic carbocycles. The van der Waals surface area contributed by atoms with E-state index in [-0.39, 0.29) is 11.2 Å². The van der Waals surface area contributed by atoms with E-state index in [0.717, 1.165) is 23.4 Å². The second-order valence-corrected chi connectivity index (χ2v) is 8.82. The number of carbonyl (C=O) groups is 1. The van der Waals surface area contributed by atoms with Crippen molar-refractivity contribution < 1.29 is 35.3 Å². The molecule has 1 aliphatic heterocycles. The van der Waals surface area contributed by atoms with Crippen LogP contribution in [-0.2, 0) is 21.3 Å². The number of aryl methyl sites for hydroxylation is 1. The van der Waals surface area contributed by atoms with Crippen molar-refractivity contribution in [1.29, 1.82) is 0 Å². The number of carbonyl (C=O) groups excluding carboxylic acids is 1. The second-order valence-electron chi connectivity index (χ2n) is 6.09. The van der Waals surface area contributed by atoms with E-state index in [1.54, 1.807) is 0 Å². The smallest absolute Gasteiger partial charge is 0.489 e. The maximum absolute atomic E-state index is 12.5. The summed E-state index contributed by atoms with van der Waals surface area (Å²) < 4.78 is 70.0. The van der Waals surface area contributed by atoms with E-state index in [1.807, 2.05) is 13.0 Å². The van der Waals surface area contributed by atoms with Crippen LogP contribution in [0.2, 0.25) is 0 Å². The van der Waals surface area contributed by atoms with Crippen molar-refractivity contribution >= 4 is 27.0 Å². The van der Waals surface area contributed by atoms with Gasteiger partial charge in [0.15, 0.2) is 5.12 Å². The molecule has 0 spiro atoms. The maximum Gasteiger partial charge on any atom is 0.534 e. The van der Waals surface area contributed by atoms with Crippen LogP contribution in [0.4, 0.5) is 13.2 Å². The highest BCUT2D eigenvalue weighted by Gasteiger charge is 2.48. The van der Waals surface area contributed by atoms with Gasteiger partial charge in [-0.25, -0.2) is 0 Å². The number of alkyl halides is 3. The van der Waals surface area contributed by atoms with E-state index in [0.29, 0.717) is 36.3 Å². The van der Waals surface area contributed by atoms with Gasteiger partial charge in [-0.05, 0) is 43.5 Å². The molecule has 0 bridgehead atoms. The summed E-state index contributed by atoms with van der Waals surface area (Å²) in [5.41, 5.74) is -3.89. The molecule has 1 unspecified atom stereocenters. The fourth-order valence-corrected chi connectivity index (χ4v) is 3.59. The van der Waals surface area contributed by atoms with Crippen LogP contribution in [-0.4, -0.2) is 30.9 Å². The fraction of sp³-hybridized carbons (Fsp3) is 0.471. The lowest BCUT2D eigenvalue weighted by molar-refractivity contribution is -0.109. The summed E-state index contributed by atoms with van der Waals surface area (Å²) in [6, 6.07) is 3.75. The zero-order valence-electron chi connectivity index (χ0n) is 14.7. The van der Waals surface area contributed by atoms with E-state index < -0.39 is 21.4 Å². The van der Waals surface area contributed by atoms with E-state index >= 15 is 0 Å². The van der Waals surface area contributed by atoms with Crippen LogP contribution in [0.1, 0.15) is 32.3 Å². The van der Waals surface area contributed by atoms with Crippen LogP contribution < -0.4 is 8.92 Å². The normalized spacial score (nSPS) is 20.2. The summed E-state index contributed by atoms with van der Waals surface area (Å²) >= 11 is 1.13. The standard InChI is InChI=1S/C17H19F3O5S2/c1-11-4-3-5-13-9-14(25-27(22,23)17(18,19)20)6-7-16(13)24-15(8-11)10-26-12(2)21/h4,6-7,9,15H,3,5,8,10H2,1-2H3/b11-4-. The number of ether oxygens (including phenoxy) is 1. The SMILES string of the molecule is CC(=O)SCC1C/C(C)=C\CCc2cc(OS(=O)(=O)C(F)(F)F)ccc2O1. The van der Waals surface area contributed by atoms with Crippen molar-refractivity contribution in [3.05, 3.63) is 35.4 Å². The van der Waals surface area contributed by atoms with Gasteiger partial charge in [0.05, 0.1) is 0 Å². The summed E-state index contributed by atoms with van der Waals surface area (Å²) in [4.78, 5) is 11.2. The van der Waals surface area contributed by atoms with Crippen molar-refractivity contribution in [3.63, 3.8) is 0 Å². The highest BCUT2D eigenvalue weighted by molar-refractivity contribution is 8.13. The van der Waals surface area contributed by atoms with Crippen molar-refractivity contribution in [2.45, 2.75) is 44.7 Å². The Kier molecular flexibility index (Phi) is 6.85. The molecule has 0 saturated carbocycles. The number of hydrogen-bond acceptors (Lipinski definition) is 6.